The molecule has 3 amide bonds. The van der Waals surface area contributed by atoms with Gasteiger partial charge in [0.1, 0.15) is 16.7 Å². The van der Waals surface area contributed by atoms with Crippen LogP contribution in [-0.4, -0.2) is 33.1 Å². The molecule has 0 unspecified atom stereocenters. The van der Waals surface area contributed by atoms with E-state index in [1.807, 2.05) is 6.07 Å². The molecular formula is C27H25FN6O3S. The fourth-order valence-electron chi connectivity index (χ4n) is 4.76. The number of hydrogen-bond donors (Lipinski definition) is 3. The summed E-state index contributed by atoms with van der Waals surface area (Å²) in [6.07, 6.45) is 5.36. The van der Waals surface area contributed by atoms with Crippen molar-refractivity contribution in [2.75, 3.05) is 10.6 Å². The number of halogens is 1. The van der Waals surface area contributed by atoms with Crippen molar-refractivity contribution >= 4 is 51.5 Å². The maximum absolute atomic E-state index is 14.1. The molecule has 0 saturated heterocycles. The summed E-state index contributed by atoms with van der Waals surface area (Å²) in [6.45, 7) is 0. The smallest absolute Gasteiger partial charge is 0.273 e. The van der Waals surface area contributed by atoms with Crippen LogP contribution in [0.4, 0.5) is 15.8 Å². The maximum Gasteiger partial charge on any atom is 0.273 e. The molecule has 5 rings (SSSR count). The lowest BCUT2D eigenvalue weighted by atomic mass is 9.99. The number of hydrogen-bond acceptors (Lipinski definition) is 7. The lowest BCUT2D eigenvalue weighted by Crippen LogP contribution is -2.46. The molecule has 0 spiro atoms. The standard InChI is InChI=1S/C27H25FN6O3S/c28-17-8-10-19(11-9-17)34(27(37)24-21(29)22(25(30)35)33-38-24)23(26(36)32-18-5-1-2-6-18)16-7-12-20-15(14-16)4-3-13-31-20/h3-4,7-14,18,23H,1-2,5-6,29H2,(H2,30,35)(H,32,36)/t23-/m0/s1. The Hall–Kier alpha value is -4.38. The van der Waals surface area contributed by atoms with Crippen LogP contribution in [0.3, 0.4) is 0 Å². The van der Waals surface area contributed by atoms with Gasteiger partial charge in [-0.3, -0.25) is 24.3 Å². The number of carbonyl (C=O) groups excluding carboxylic acids is 3. The molecule has 0 radical (unpaired) electrons. The molecule has 9 nitrogen and oxygen atoms in total. The second kappa shape index (κ2) is 10.5. The number of amides is 3. The van der Waals surface area contributed by atoms with Crippen LogP contribution < -0.4 is 21.7 Å². The Morgan fingerprint density at radius 1 is 1.08 bits per heavy atom. The molecule has 1 aliphatic rings. The largest absolute Gasteiger partial charge is 0.395 e. The van der Waals surface area contributed by atoms with E-state index in [0.717, 1.165) is 36.6 Å². The van der Waals surface area contributed by atoms with E-state index in [1.165, 1.54) is 29.2 Å². The summed E-state index contributed by atoms with van der Waals surface area (Å²) >= 11 is 0.716. The summed E-state index contributed by atoms with van der Waals surface area (Å²) in [5, 5.41) is 3.87. The number of aromatic nitrogens is 2. The molecule has 2 aromatic carbocycles. The third-order valence-corrected chi connectivity index (χ3v) is 7.48. The van der Waals surface area contributed by atoms with Crippen molar-refractivity contribution in [3.63, 3.8) is 0 Å². The molecular weight excluding hydrogens is 507 g/mol. The van der Waals surface area contributed by atoms with E-state index < -0.39 is 29.6 Å². The number of benzene rings is 2. The molecule has 1 fully saturated rings. The fourth-order valence-corrected chi connectivity index (χ4v) is 5.50. The van der Waals surface area contributed by atoms with E-state index in [4.69, 9.17) is 11.5 Å². The highest BCUT2D eigenvalue weighted by molar-refractivity contribution is 7.09. The molecule has 0 bridgehead atoms. The van der Waals surface area contributed by atoms with Crippen LogP contribution >= 0.6 is 11.5 Å². The second-order valence-electron chi connectivity index (χ2n) is 9.14. The molecule has 2 aromatic heterocycles. The van der Waals surface area contributed by atoms with Gasteiger partial charge in [0.15, 0.2) is 5.69 Å². The number of nitrogen functional groups attached to an aromatic ring is 1. The van der Waals surface area contributed by atoms with Crippen LogP contribution in [0.15, 0.2) is 60.8 Å². The van der Waals surface area contributed by atoms with Crippen molar-refractivity contribution in [1.82, 2.24) is 14.7 Å². The molecule has 1 aliphatic carbocycles. The van der Waals surface area contributed by atoms with Gasteiger partial charge >= 0.3 is 0 Å². The predicted octanol–water partition coefficient (Wildman–Crippen LogP) is 3.96. The SMILES string of the molecule is NC(=O)c1nsc(C(=O)N(c2ccc(F)cc2)[C@H](C(=O)NC2CCCC2)c2ccc3ncccc3c2)c1N. The Morgan fingerprint density at radius 3 is 2.50 bits per heavy atom. The van der Waals surface area contributed by atoms with Gasteiger partial charge in [0.25, 0.3) is 11.8 Å². The zero-order valence-electron chi connectivity index (χ0n) is 20.3. The average Bonchev–Trinajstić information content (AvgIpc) is 3.56. The van der Waals surface area contributed by atoms with E-state index in [2.05, 4.69) is 14.7 Å². The highest BCUT2D eigenvalue weighted by Crippen LogP contribution is 2.34. The summed E-state index contributed by atoms with van der Waals surface area (Å²) in [7, 11) is 0. The van der Waals surface area contributed by atoms with Gasteiger partial charge in [-0.1, -0.05) is 25.0 Å². The minimum absolute atomic E-state index is 0.0211. The first kappa shape index (κ1) is 25.3. The van der Waals surface area contributed by atoms with Crippen molar-refractivity contribution in [1.29, 1.82) is 0 Å². The van der Waals surface area contributed by atoms with Crippen LogP contribution in [-0.2, 0) is 4.79 Å². The van der Waals surface area contributed by atoms with Crippen molar-refractivity contribution in [2.24, 2.45) is 5.73 Å². The van der Waals surface area contributed by atoms with Crippen molar-refractivity contribution in [3.05, 3.63) is 82.7 Å². The van der Waals surface area contributed by atoms with Crippen LogP contribution in [0.1, 0.15) is 57.4 Å². The number of nitrogens with one attached hydrogen (secondary N) is 1. The van der Waals surface area contributed by atoms with Gasteiger partial charge < -0.3 is 16.8 Å². The van der Waals surface area contributed by atoms with Gasteiger partial charge in [-0.05, 0) is 72.4 Å². The Kier molecular flexibility index (Phi) is 7.01. The lowest BCUT2D eigenvalue weighted by molar-refractivity contribution is -0.123. The monoisotopic (exact) mass is 532 g/mol. The number of pyridine rings is 1. The first-order valence-corrected chi connectivity index (χ1v) is 12.9. The Balaban J connectivity index is 1.67. The van der Waals surface area contributed by atoms with Gasteiger partial charge in [-0.2, -0.15) is 4.37 Å². The number of rotatable bonds is 7. The highest BCUT2D eigenvalue weighted by atomic mass is 32.1. The molecule has 2 heterocycles. The highest BCUT2D eigenvalue weighted by Gasteiger charge is 2.37. The summed E-state index contributed by atoms with van der Waals surface area (Å²) in [6, 6.07) is 13.0. The third kappa shape index (κ3) is 4.92. The molecule has 5 N–H and O–H groups in total. The fraction of sp³-hybridized carbons (Fsp3) is 0.222. The predicted molar refractivity (Wildman–Crippen MR) is 143 cm³/mol. The summed E-state index contributed by atoms with van der Waals surface area (Å²) < 4.78 is 17.8. The van der Waals surface area contributed by atoms with E-state index in [9.17, 15) is 18.8 Å². The number of primary amides is 1. The number of nitrogens with zero attached hydrogens (tertiary/aromatic N) is 3. The molecule has 1 saturated carbocycles. The molecule has 1 atom stereocenters. The summed E-state index contributed by atoms with van der Waals surface area (Å²) in [5.41, 5.74) is 12.6. The zero-order chi connectivity index (χ0) is 26.8. The lowest BCUT2D eigenvalue weighted by Gasteiger charge is -2.32. The average molecular weight is 533 g/mol. The number of anilines is 2. The van der Waals surface area contributed by atoms with E-state index in [-0.39, 0.29) is 28.0 Å². The van der Waals surface area contributed by atoms with Crippen molar-refractivity contribution in [3.8, 4) is 0 Å². The van der Waals surface area contributed by atoms with Gasteiger partial charge in [0, 0.05) is 23.3 Å². The quantitative estimate of drug-likeness (QED) is 0.329. The molecule has 4 aromatic rings. The summed E-state index contributed by atoms with van der Waals surface area (Å²) in [5.74, 6) is -2.44. The van der Waals surface area contributed by atoms with E-state index in [1.54, 1.807) is 30.5 Å². The van der Waals surface area contributed by atoms with Crippen LogP contribution in [0.25, 0.3) is 10.9 Å². The zero-order valence-corrected chi connectivity index (χ0v) is 21.1. The topological polar surface area (TPSA) is 144 Å². The molecule has 0 aliphatic heterocycles. The number of fused-ring (bicyclic) bond motifs is 1. The van der Waals surface area contributed by atoms with Crippen molar-refractivity contribution < 1.29 is 18.8 Å². The normalized spacial score (nSPS) is 14.3. The minimum atomic E-state index is -1.14. The Bertz CT molecular complexity index is 1520. The van der Waals surface area contributed by atoms with Gasteiger partial charge in [-0.25, -0.2) is 4.39 Å². The maximum atomic E-state index is 14.1. The van der Waals surface area contributed by atoms with Gasteiger partial charge in [0.2, 0.25) is 5.91 Å². The van der Waals surface area contributed by atoms with Crippen LogP contribution in [0.5, 0.6) is 0 Å². The first-order valence-electron chi connectivity index (χ1n) is 12.1. The first-order chi connectivity index (χ1) is 18.3. The van der Waals surface area contributed by atoms with Crippen LogP contribution in [0, 0.1) is 5.82 Å². The number of nitrogens with two attached hydrogens (primary N) is 2. The molecule has 11 heteroatoms. The minimum Gasteiger partial charge on any atom is -0.395 e. The van der Waals surface area contributed by atoms with Crippen molar-refractivity contribution in [2.45, 2.75) is 37.8 Å². The van der Waals surface area contributed by atoms with Gasteiger partial charge in [0.05, 0.1) is 11.2 Å². The molecule has 194 valence electrons. The molecule has 38 heavy (non-hydrogen) atoms. The summed E-state index contributed by atoms with van der Waals surface area (Å²) in [4.78, 5) is 45.3. The van der Waals surface area contributed by atoms with Crippen LogP contribution in [0.2, 0.25) is 0 Å². The Morgan fingerprint density at radius 2 is 1.82 bits per heavy atom. The van der Waals surface area contributed by atoms with E-state index in [0.29, 0.717) is 17.1 Å². The van der Waals surface area contributed by atoms with E-state index >= 15 is 0 Å². The number of carbonyl (C=O) groups is 3. The third-order valence-electron chi connectivity index (χ3n) is 6.63. The second-order valence-corrected chi connectivity index (χ2v) is 9.91. The van der Waals surface area contributed by atoms with Gasteiger partial charge in [-0.15, -0.1) is 0 Å². The Labute approximate surface area is 221 Å².